The van der Waals surface area contributed by atoms with Gasteiger partial charge in [0, 0.05) is 32.7 Å². The molecule has 8 heteroatoms. The SMILES string of the molecule is O=C(c1coc(CN2CCOCC2)c1)N1CCc2oc(C3CCOC3)nc2C1. The summed E-state index contributed by atoms with van der Waals surface area (Å²) < 4.78 is 22.4. The van der Waals surface area contributed by atoms with Crippen LogP contribution in [0.3, 0.4) is 0 Å². The molecule has 2 aromatic rings. The molecule has 2 saturated heterocycles. The van der Waals surface area contributed by atoms with Gasteiger partial charge in [-0.25, -0.2) is 4.98 Å². The van der Waals surface area contributed by atoms with Crippen LogP contribution < -0.4 is 0 Å². The van der Waals surface area contributed by atoms with Gasteiger partial charge in [-0.1, -0.05) is 0 Å². The average Bonchev–Trinajstić information content (AvgIpc) is 3.47. The maximum Gasteiger partial charge on any atom is 0.257 e. The number of carbonyl (C=O) groups excluding carboxylic acids is 1. The number of aromatic nitrogens is 1. The topological polar surface area (TPSA) is 81.2 Å². The molecule has 3 aliphatic heterocycles. The van der Waals surface area contributed by atoms with Crippen molar-refractivity contribution < 1.29 is 23.1 Å². The van der Waals surface area contributed by atoms with Gasteiger partial charge < -0.3 is 23.2 Å². The number of nitrogens with zero attached hydrogens (tertiary/aromatic N) is 3. The van der Waals surface area contributed by atoms with Crippen molar-refractivity contribution in [3.8, 4) is 0 Å². The predicted octanol–water partition coefficient (Wildman–Crippen LogP) is 1.80. The number of hydrogen-bond acceptors (Lipinski definition) is 7. The fourth-order valence-electron chi connectivity index (χ4n) is 4.03. The molecule has 0 aromatic carbocycles. The smallest absolute Gasteiger partial charge is 0.257 e. The Hall–Kier alpha value is -2.16. The Morgan fingerprint density at radius 1 is 1.18 bits per heavy atom. The zero-order valence-electron chi connectivity index (χ0n) is 15.9. The second kappa shape index (κ2) is 7.69. The number of amides is 1. The molecule has 5 heterocycles. The Morgan fingerprint density at radius 2 is 2.07 bits per heavy atom. The van der Waals surface area contributed by atoms with E-state index in [0.29, 0.717) is 38.2 Å². The Bertz CT molecular complexity index is 833. The van der Waals surface area contributed by atoms with E-state index in [1.54, 1.807) is 6.26 Å². The van der Waals surface area contributed by atoms with Gasteiger partial charge in [-0.05, 0) is 12.5 Å². The summed E-state index contributed by atoms with van der Waals surface area (Å²) in [5.74, 6) is 2.70. The maximum atomic E-state index is 12.9. The van der Waals surface area contributed by atoms with E-state index in [9.17, 15) is 4.79 Å². The van der Waals surface area contributed by atoms with E-state index in [-0.39, 0.29) is 11.8 Å². The van der Waals surface area contributed by atoms with Gasteiger partial charge in [0.1, 0.15) is 23.5 Å². The van der Waals surface area contributed by atoms with Crippen molar-refractivity contribution in [2.24, 2.45) is 0 Å². The summed E-state index contributed by atoms with van der Waals surface area (Å²) in [4.78, 5) is 21.7. The number of carbonyl (C=O) groups is 1. The molecule has 8 nitrogen and oxygen atoms in total. The first-order valence-electron chi connectivity index (χ1n) is 9.99. The number of oxazole rings is 1. The summed E-state index contributed by atoms with van der Waals surface area (Å²) in [7, 11) is 0. The molecule has 5 rings (SSSR count). The molecule has 0 bridgehead atoms. The van der Waals surface area contributed by atoms with Gasteiger partial charge >= 0.3 is 0 Å². The third-order valence-corrected chi connectivity index (χ3v) is 5.69. The molecule has 2 aromatic heterocycles. The van der Waals surface area contributed by atoms with Crippen LogP contribution in [0.25, 0.3) is 0 Å². The quantitative estimate of drug-likeness (QED) is 0.791. The summed E-state index contributed by atoms with van der Waals surface area (Å²) in [6, 6.07) is 1.86. The van der Waals surface area contributed by atoms with Gasteiger partial charge in [-0.15, -0.1) is 0 Å². The fourth-order valence-corrected chi connectivity index (χ4v) is 4.03. The molecule has 1 unspecified atom stereocenters. The summed E-state index contributed by atoms with van der Waals surface area (Å²) in [5.41, 5.74) is 1.47. The van der Waals surface area contributed by atoms with Crippen molar-refractivity contribution in [1.82, 2.24) is 14.8 Å². The fraction of sp³-hybridized carbons (Fsp3) is 0.600. The lowest BCUT2D eigenvalue weighted by Gasteiger charge is -2.25. The molecule has 0 spiro atoms. The Balaban J connectivity index is 1.24. The molecule has 1 atom stereocenters. The van der Waals surface area contributed by atoms with Crippen LogP contribution in [0.4, 0.5) is 0 Å². The van der Waals surface area contributed by atoms with E-state index >= 15 is 0 Å². The molecule has 1 amide bonds. The van der Waals surface area contributed by atoms with Crippen LogP contribution in [-0.4, -0.2) is 66.8 Å². The normalized spacial score (nSPS) is 23.1. The maximum absolute atomic E-state index is 12.9. The summed E-state index contributed by atoms with van der Waals surface area (Å²) in [5, 5.41) is 0. The summed E-state index contributed by atoms with van der Waals surface area (Å²) in [6.07, 6.45) is 3.21. The minimum Gasteiger partial charge on any atom is -0.467 e. The average molecular weight is 387 g/mol. The van der Waals surface area contributed by atoms with Crippen LogP contribution in [-0.2, 0) is 29.0 Å². The number of hydrogen-bond donors (Lipinski definition) is 0. The zero-order chi connectivity index (χ0) is 18.9. The largest absolute Gasteiger partial charge is 0.467 e. The lowest BCUT2D eigenvalue weighted by atomic mass is 10.1. The van der Waals surface area contributed by atoms with E-state index < -0.39 is 0 Å². The molecular formula is C20H25N3O5. The summed E-state index contributed by atoms with van der Waals surface area (Å²) >= 11 is 0. The number of furan rings is 1. The Kier molecular flexibility index (Phi) is 4.92. The molecular weight excluding hydrogens is 362 g/mol. The Labute approximate surface area is 163 Å². The number of morpholine rings is 1. The van der Waals surface area contributed by atoms with E-state index in [1.807, 2.05) is 11.0 Å². The molecule has 0 N–H and O–H groups in total. The standard InChI is InChI=1S/C20H25N3O5/c24-20(15-9-16(27-13-15)10-22-4-7-25-8-5-22)23-3-1-18-17(11-23)21-19(28-18)14-2-6-26-12-14/h9,13-14H,1-8,10-12H2. The van der Waals surface area contributed by atoms with Crippen molar-refractivity contribution in [3.63, 3.8) is 0 Å². The monoisotopic (exact) mass is 387 g/mol. The highest BCUT2D eigenvalue weighted by Crippen LogP contribution is 2.29. The summed E-state index contributed by atoms with van der Waals surface area (Å²) in [6.45, 7) is 6.51. The van der Waals surface area contributed by atoms with Crippen LogP contribution in [0.2, 0.25) is 0 Å². The molecule has 0 aliphatic carbocycles. The van der Waals surface area contributed by atoms with Crippen LogP contribution in [0, 0.1) is 0 Å². The van der Waals surface area contributed by atoms with Crippen LogP contribution in [0.5, 0.6) is 0 Å². The van der Waals surface area contributed by atoms with Crippen molar-refractivity contribution >= 4 is 5.91 Å². The molecule has 150 valence electrons. The second-order valence-corrected chi connectivity index (χ2v) is 7.65. The second-order valence-electron chi connectivity index (χ2n) is 7.65. The van der Waals surface area contributed by atoms with Crippen molar-refractivity contribution in [3.05, 3.63) is 41.0 Å². The minimum atomic E-state index is -0.0172. The highest BCUT2D eigenvalue weighted by Gasteiger charge is 2.30. The van der Waals surface area contributed by atoms with E-state index in [2.05, 4.69) is 9.88 Å². The van der Waals surface area contributed by atoms with E-state index in [4.69, 9.17) is 18.3 Å². The van der Waals surface area contributed by atoms with Crippen molar-refractivity contribution in [2.45, 2.75) is 31.8 Å². The molecule has 3 aliphatic rings. The number of ether oxygens (including phenoxy) is 2. The highest BCUT2D eigenvalue weighted by atomic mass is 16.5. The number of rotatable bonds is 4. The van der Waals surface area contributed by atoms with Gasteiger partial charge in [-0.3, -0.25) is 9.69 Å². The van der Waals surface area contributed by atoms with E-state index in [0.717, 1.165) is 62.4 Å². The zero-order valence-corrected chi connectivity index (χ0v) is 15.9. The van der Waals surface area contributed by atoms with Crippen molar-refractivity contribution in [2.75, 3.05) is 46.1 Å². The lowest BCUT2D eigenvalue weighted by molar-refractivity contribution is 0.0313. The van der Waals surface area contributed by atoms with E-state index in [1.165, 1.54) is 0 Å². The van der Waals surface area contributed by atoms with Gasteiger partial charge in [-0.2, -0.15) is 0 Å². The third kappa shape index (κ3) is 3.59. The molecule has 0 radical (unpaired) electrons. The number of fused-ring (bicyclic) bond motifs is 1. The first-order valence-corrected chi connectivity index (χ1v) is 9.99. The van der Waals surface area contributed by atoms with Crippen molar-refractivity contribution in [1.29, 1.82) is 0 Å². The van der Waals surface area contributed by atoms with Crippen LogP contribution in [0.1, 0.15) is 45.8 Å². The molecule has 28 heavy (non-hydrogen) atoms. The molecule has 2 fully saturated rings. The lowest BCUT2D eigenvalue weighted by Crippen LogP contribution is -2.36. The van der Waals surface area contributed by atoms with Gasteiger partial charge in [0.05, 0.1) is 44.4 Å². The third-order valence-electron chi connectivity index (χ3n) is 5.69. The van der Waals surface area contributed by atoms with Crippen LogP contribution >= 0.6 is 0 Å². The first kappa shape index (κ1) is 17.9. The predicted molar refractivity (Wildman–Crippen MR) is 97.9 cm³/mol. The van der Waals surface area contributed by atoms with Gasteiger partial charge in [0.15, 0.2) is 5.89 Å². The molecule has 0 saturated carbocycles. The Morgan fingerprint density at radius 3 is 2.89 bits per heavy atom. The highest BCUT2D eigenvalue weighted by molar-refractivity contribution is 5.94. The van der Waals surface area contributed by atoms with Crippen LogP contribution in [0.15, 0.2) is 21.2 Å². The minimum absolute atomic E-state index is 0.0172. The van der Waals surface area contributed by atoms with Gasteiger partial charge in [0.25, 0.3) is 5.91 Å². The van der Waals surface area contributed by atoms with Gasteiger partial charge in [0.2, 0.25) is 0 Å². The first-order chi connectivity index (χ1) is 13.8.